The lowest BCUT2D eigenvalue weighted by Gasteiger charge is -2.38. The van der Waals surface area contributed by atoms with E-state index in [9.17, 15) is 5.11 Å². The lowest BCUT2D eigenvalue weighted by molar-refractivity contribution is -0.000383. The summed E-state index contributed by atoms with van der Waals surface area (Å²) in [6.07, 6.45) is 2.78. The molecule has 1 aromatic rings. The molecule has 3 nitrogen and oxygen atoms in total. The summed E-state index contributed by atoms with van der Waals surface area (Å²) in [6, 6.07) is 10.9. The summed E-state index contributed by atoms with van der Waals surface area (Å²) in [5.41, 5.74) is 0.267. The van der Waals surface area contributed by atoms with Crippen LogP contribution in [0.3, 0.4) is 0 Å². The summed E-state index contributed by atoms with van der Waals surface area (Å²) in [5, 5.41) is 10.7. The Balaban J connectivity index is 1.56. The second-order valence-corrected chi connectivity index (χ2v) is 6.18. The van der Waals surface area contributed by atoms with Crippen LogP contribution in [0.4, 0.5) is 0 Å². The van der Waals surface area contributed by atoms with Crippen LogP contribution >= 0.6 is 0 Å². The van der Waals surface area contributed by atoms with Gasteiger partial charge in [0.1, 0.15) is 0 Å². The largest absolute Gasteiger partial charge is 0.384 e. The minimum absolute atomic E-state index is 0.732. The van der Waals surface area contributed by atoms with Gasteiger partial charge in [-0.25, -0.2) is 0 Å². The summed E-state index contributed by atoms with van der Waals surface area (Å²) >= 11 is 0. The minimum atomic E-state index is -0.747. The Morgan fingerprint density at radius 1 is 1.11 bits per heavy atom. The molecule has 3 heteroatoms. The zero-order valence-corrected chi connectivity index (χ0v) is 11.8. The molecule has 0 bridgehead atoms. The Hall–Kier alpha value is -0.900. The van der Waals surface area contributed by atoms with Crippen molar-refractivity contribution in [1.29, 1.82) is 0 Å². The first-order valence-corrected chi connectivity index (χ1v) is 7.39. The lowest BCUT2D eigenvalue weighted by Crippen LogP contribution is -2.50. The number of nitrogens with zero attached hydrogens (tertiary/aromatic N) is 2. The van der Waals surface area contributed by atoms with E-state index in [1.165, 1.54) is 12.8 Å². The molecule has 0 amide bonds. The summed E-state index contributed by atoms with van der Waals surface area (Å²) in [4.78, 5) is 5.00. The van der Waals surface area contributed by atoms with Gasteiger partial charge in [-0.2, -0.15) is 0 Å². The number of benzene rings is 1. The van der Waals surface area contributed by atoms with Crippen LogP contribution in [0.1, 0.15) is 25.3 Å². The molecule has 1 saturated heterocycles. The molecule has 19 heavy (non-hydrogen) atoms. The fourth-order valence-electron chi connectivity index (χ4n) is 3.05. The van der Waals surface area contributed by atoms with E-state index in [2.05, 4.69) is 9.80 Å². The van der Waals surface area contributed by atoms with Crippen molar-refractivity contribution >= 4 is 0 Å². The Labute approximate surface area is 115 Å². The number of hydrogen-bond donors (Lipinski definition) is 1. The van der Waals surface area contributed by atoms with Gasteiger partial charge in [0.15, 0.2) is 0 Å². The van der Waals surface area contributed by atoms with E-state index >= 15 is 0 Å². The average molecular weight is 260 g/mol. The van der Waals surface area contributed by atoms with Gasteiger partial charge in [0.2, 0.25) is 0 Å². The Morgan fingerprint density at radius 3 is 2.32 bits per heavy atom. The fraction of sp³-hybridized carbons (Fsp3) is 0.625. The highest BCUT2D eigenvalue weighted by Gasteiger charge is 2.33. The SMILES string of the molecule is CC(O)(CN1CCN(C2CC2)CC1)c1ccccc1. The summed E-state index contributed by atoms with van der Waals surface area (Å²) in [5.74, 6) is 0. The highest BCUT2D eigenvalue weighted by molar-refractivity contribution is 5.21. The number of β-amino-alcohol motifs (C(OH)–C–C–N with tert-alkyl or cyclic N) is 1. The number of aliphatic hydroxyl groups is 1. The molecule has 2 fully saturated rings. The Kier molecular flexibility index (Phi) is 3.61. The van der Waals surface area contributed by atoms with Crippen molar-refractivity contribution in [2.24, 2.45) is 0 Å². The molecule has 3 rings (SSSR count). The van der Waals surface area contributed by atoms with E-state index in [-0.39, 0.29) is 0 Å². The van der Waals surface area contributed by atoms with Gasteiger partial charge < -0.3 is 5.11 Å². The van der Waals surface area contributed by atoms with Crippen molar-refractivity contribution in [3.63, 3.8) is 0 Å². The highest BCUT2D eigenvalue weighted by Crippen LogP contribution is 2.28. The maximum absolute atomic E-state index is 10.7. The van der Waals surface area contributed by atoms with E-state index in [0.29, 0.717) is 0 Å². The molecule has 1 N–H and O–H groups in total. The molecule has 104 valence electrons. The van der Waals surface area contributed by atoms with Crippen LogP contribution in [-0.4, -0.2) is 53.7 Å². The van der Waals surface area contributed by atoms with E-state index in [1.54, 1.807) is 0 Å². The first kappa shape index (κ1) is 13.1. The second kappa shape index (κ2) is 5.23. The molecular weight excluding hydrogens is 236 g/mol. The van der Waals surface area contributed by atoms with Crippen LogP contribution in [0.25, 0.3) is 0 Å². The van der Waals surface area contributed by atoms with E-state index in [0.717, 1.165) is 44.3 Å². The molecule has 1 aliphatic carbocycles. The van der Waals surface area contributed by atoms with Gasteiger partial charge in [0.25, 0.3) is 0 Å². The highest BCUT2D eigenvalue weighted by atomic mass is 16.3. The van der Waals surface area contributed by atoms with Gasteiger partial charge in [-0.15, -0.1) is 0 Å². The van der Waals surface area contributed by atoms with Crippen LogP contribution in [0, 0.1) is 0 Å². The third-order valence-corrected chi connectivity index (χ3v) is 4.40. The van der Waals surface area contributed by atoms with Crippen molar-refractivity contribution in [3.8, 4) is 0 Å². The first-order chi connectivity index (χ1) is 9.15. The van der Waals surface area contributed by atoms with Crippen LogP contribution < -0.4 is 0 Å². The Morgan fingerprint density at radius 2 is 1.74 bits per heavy atom. The third kappa shape index (κ3) is 3.16. The van der Waals surface area contributed by atoms with Crippen LogP contribution in [-0.2, 0) is 5.60 Å². The van der Waals surface area contributed by atoms with Gasteiger partial charge in [-0.1, -0.05) is 30.3 Å². The van der Waals surface area contributed by atoms with Crippen molar-refractivity contribution in [1.82, 2.24) is 9.80 Å². The van der Waals surface area contributed by atoms with E-state index < -0.39 is 5.60 Å². The van der Waals surface area contributed by atoms with Crippen molar-refractivity contribution in [3.05, 3.63) is 35.9 Å². The summed E-state index contributed by atoms with van der Waals surface area (Å²) in [7, 11) is 0. The molecule has 1 saturated carbocycles. The van der Waals surface area contributed by atoms with Gasteiger partial charge in [-0.3, -0.25) is 9.80 Å². The lowest BCUT2D eigenvalue weighted by atomic mass is 9.95. The molecule has 1 aliphatic heterocycles. The van der Waals surface area contributed by atoms with Crippen LogP contribution in [0.15, 0.2) is 30.3 Å². The van der Waals surface area contributed by atoms with E-state index in [1.807, 2.05) is 37.3 Å². The quantitative estimate of drug-likeness (QED) is 0.892. The first-order valence-electron chi connectivity index (χ1n) is 7.39. The van der Waals surface area contributed by atoms with Crippen molar-refractivity contribution in [2.75, 3.05) is 32.7 Å². The predicted octanol–water partition coefficient (Wildman–Crippen LogP) is 1.67. The molecular formula is C16H24N2O. The van der Waals surface area contributed by atoms with Gasteiger partial charge >= 0.3 is 0 Å². The van der Waals surface area contributed by atoms with Gasteiger partial charge in [0, 0.05) is 38.8 Å². The number of hydrogen-bond acceptors (Lipinski definition) is 3. The molecule has 1 unspecified atom stereocenters. The molecule has 1 heterocycles. The molecule has 2 aliphatic rings. The zero-order valence-electron chi connectivity index (χ0n) is 11.8. The summed E-state index contributed by atoms with van der Waals surface area (Å²) < 4.78 is 0. The summed E-state index contributed by atoms with van der Waals surface area (Å²) in [6.45, 7) is 7.15. The standard InChI is InChI=1S/C16H24N2O/c1-16(19,14-5-3-2-4-6-14)13-17-9-11-18(12-10-17)15-7-8-15/h2-6,15,19H,7-13H2,1H3. The van der Waals surface area contributed by atoms with Crippen LogP contribution in [0.2, 0.25) is 0 Å². The van der Waals surface area contributed by atoms with E-state index in [4.69, 9.17) is 0 Å². The minimum Gasteiger partial charge on any atom is -0.384 e. The smallest absolute Gasteiger partial charge is 0.0994 e. The van der Waals surface area contributed by atoms with Crippen molar-refractivity contribution < 1.29 is 5.11 Å². The predicted molar refractivity (Wildman–Crippen MR) is 77.0 cm³/mol. The Bertz CT molecular complexity index is 406. The van der Waals surface area contributed by atoms with Gasteiger partial charge in [0.05, 0.1) is 5.60 Å². The average Bonchev–Trinajstić information content (AvgIpc) is 3.25. The number of piperazine rings is 1. The second-order valence-electron chi connectivity index (χ2n) is 6.18. The zero-order chi connectivity index (χ0) is 13.3. The topological polar surface area (TPSA) is 26.7 Å². The fourth-order valence-corrected chi connectivity index (χ4v) is 3.05. The molecule has 1 atom stereocenters. The third-order valence-electron chi connectivity index (χ3n) is 4.40. The monoisotopic (exact) mass is 260 g/mol. The van der Waals surface area contributed by atoms with Crippen LogP contribution in [0.5, 0.6) is 0 Å². The van der Waals surface area contributed by atoms with Gasteiger partial charge in [-0.05, 0) is 25.3 Å². The van der Waals surface area contributed by atoms with Crippen molar-refractivity contribution in [2.45, 2.75) is 31.4 Å². The maximum atomic E-state index is 10.7. The molecule has 0 aromatic heterocycles. The molecule has 1 aromatic carbocycles. The normalized spacial score (nSPS) is 25.2. The maximum Gasteiger partial charge on any atom is 0.0994 e. The molecule has 0 radical (unpaired) electrons. The number of rotatable bonds is 4. The molecule has 0 spiro atoms.